The lowest BCUT2D eigenvalue weighted by atomic mass is 10.1. The van der Waals surface area contributed by atoms with Gasteiger partial charge in [-0.3, -0.25) is 0 Å². The number of aliphatic hydroxyl groups excluding tert-OH is 1. The first-order chi connectivity index (χ1) is 15.1. The van der Waals surface area contributed by atoms with Crippen LogP contribution in [-0.4, -0.2) is 34.3 Å². The van der Waals surface area contributed by atoms with Gasteiger partial charge in [0.25, 0.3) is 0 Å². The fourth-order valence-corrected chi connectivity index (χ4v) is 3.42. The fraction of sp³-hybridized carbons (Fsp3) is 0.304. The standard InChI is InChI=1S/C23H28N6O2/c1-16(2)31-20-7-4-18(5-8-20)26-22-10-11-24-23(28-22)27-19-6-9-21-17(14-19)15-25-29(21)12-3-13-30/h4-11,14,16,25,30H,3,12-13,15H2,1-2H3,(H2,24,26,27,28). The Balaban J connectivity index is 1.41. The molecule has 8 heteroatoms. The molecule has 1 aliphatic heterocycles. The molecule has 1 aliphatic rings. The lowest BCUT2D eigenvalue weighted by Crippen LogP contribution is -2.33. The second kappa shape index (κ2) is 9.63. The van der Waals surface area contributed by atoms with Crippen molar-refractivity contribution in [2.24, 2.45) is 0 Å². The molecule has 2 aromatic carbocycles. The van der Waals surface area contributed by atoms with Crippen LogP contribution in [0.4, 0.5) is 28.8 Å². The molecule has 0 unspecified atom stereocenters. The molecular weight excluding hydrogens is 392 g/mol. The third-order valence-corrected chi connectivity index (χ3v) is 4.78. The van der Waals surface area contributed by atoms with E-state index in [0.29, 0.717) is 11.8 Å². The Labute approximate surface area is 182 Å². The molecule has 4 rings (SSSR count). The maximum Gasteiger partial charge on any atom is 0.229 e. The topological polar surface area (TPSA) is 94.6 Å². The van der Waals surface area contributed by atoms with Crippen molar-refractivity contribution < 1.29 is 9.84 Å². The quantitative estimate of drug-likeness (QED) is 0.413. The first kappa shape index (κ1) is 20.9. The lowest BCUT2D eigenvalue weighted by Gasteiger charge is -2.18. The van der Waals surface area contributed by atoms with Crippen molar-refractivity contribution in [2.45, 2.75) is 32.9 Å². The minimum Gasteiger partial charge on any atom is -0.491 e. The number of anilines is 5. The second-order valence-corrected chi connectivity index (χ2v) is 7.61. The van der Waals surface area contributed by atoms with E-state index in [0.717, 1.165) is 42.3 Å². The van der Waals surface area contributed by atoms with Crippen molar-refractivity contribution in [1.29, 1.82) is 0 Å². The minimum atomic E-state index is 0.146. The van der Waals surface area contributed by atoms with Gasteiger partial charge in [0.1, 0.15) is 11.6 Å². The molecule has 0 fully saturated rings. The van der Waals surface area contributed by atoms with Gasteiger partial charge >= 0.3 is 0 Å². The summed E-state index contributed by atoms with van der Waals surface area (Å²) < 4.78 is 5.68. The molecule has 162 valence electrons. The van der Waals surface area contributed by atoms with E-state index < -0.39 is 0 Å². The average molecular weight is 421 g/mol. The van der Waals surface area contributed by atoms with Crippen LogP contribution in [0.3, 0.4) is 0 Å². The van der Waals surface area contributed by atoms with Gasteiger partial charge in [0.05, 0.1) is 11.8 Å². The summed E-state index contributed by atoms with van der Waals surface area (Å²) in [7, 11) is 0. The number of nitrogens with one attached hydrogen (secondary N) is 3. The molecule has 0 bridgehead atoms. The Bertz CT molecular complexity index is 1010. The molecule has 31 heavy (non-hydrogen) atoms. The Morgan fingerprint density at radius 2 is 1.90 bits per heavy atom. The van der Waals surface area contributed by atoms with Crippen LogP contribution in [0.1, 0.15) is 25.8 Å². The van der Waals surface area contributed by atoms with Gasteiger partial charge in [-0.25, -0.2) is 10.4 Å². The van der Waals surface area contributed by atoms with Crippen LogP contribution in [0.2, 0.25) is 0 Å². The molecule has 0 spiro atoms. The molecule has 0 atom stereocenters. The number of benzene rings is 2. The number of aromatic nitrogens is 2. The van der Waals surface area contributed by atoms with Crippen LogP contribution in [0.15, 0.2) is 54.7 Å². The summed E-state index contributed by atoms with van der Waals surface area (Å²) in [4.78, 5) is 8.90. The zero-order valence-electron chi connectivity index (χ0n) is 17.8. The van der Waals surface area contributed by atoms with Gasteiger partial charge in [-0.2, -0.15) is 4.98 Å². The fourth-order valence-electron chi connectivity index (χ4n) is 3.42. The first-order valence-electron chi connectivity index (χ1n) is 10.5. The summed E-state index contributed by atoms with van der Waals surface area (Å²) in [6.45, 7) is 5.73. The highest BCUT2D eigenvalue weighted by molar-refractivity contribution is 5.66. The molecule has 0 saturated carbocycles. The molecule has 4 N–H and O–H groups in total. The van der Waals surface area contributed by atoms with Crippen LogP contribution < -0.4 is 25.8 Å². The lowest BCUT2D eigenvalue weighted by molar-refractivity contribution is 0.242. The third-order valence-electron chi connectivity index (χ3n) is 4.78. The van der Waals surface area contributed by atoms with Crippen molar-refractivity contribution in [3.8, 4) is 5.75 Å². The van der Waals surface area contributed by atoms with Gasteiger partial charge in [0, 0.05) is 37.3 Å². The summed E-state index contributed by atoms with van der Waals surface area (Å²) >= 11 is 0. The summed E-state index contributed by atoms with van der Waals surface area (Å²) in [6.07, 6.45) is 2.60. The molecule has 2 heterocycles. The summed E-state index contributed by atoms with van der Waals surface area (Å²) in [5.74, 6) is 2.06. The number of nitrogens with zero attached hydrogens (tertiary/aromatic N) is 3. The number of ether oxygens (including phenoxy) is 1. The van der Waals surface area contributed by atoms with Crippen LogP contribution in [-0.2, 0) is 6.54 Å². The van der Waals surface area contributed by atoms with Crippen molar-refractivity contribution in [3.63, 3.8) is 0 Å². The molecule has 3 aromatic rings. The van der Waals surface area contributed by atoms with Gasteiger partial charge in [-0.15, -0.1) is 0 Å². The zero-order chi connectivity index (χ0) is 21.6. The predicted molar refractivity (Wildman–Crippen MR) is 123 cm³/mol. The highest BCUT2D eigenvalue weighted by Crippen LogP contribution is 2.29. The Morgan fingerprint density at radius 1 is 1.10 bits per heavy atom. The van der Waals surface area contributed by atoms with E-state index in [4.69, 9.17) is 9.84 Å². The molecule has 1 aromatic heterocycles. The second-order valence-electron chi connectivity index (χ2n) is 7.61. The monoisotopic (exact) mass is 420 g/mol. The van der Waals surface area contributed by atoms with Gasteiger partial charge in [0.2, 0.25) is 5.95 Å². The number of hydrogen-bond acceptors (Lipinski definition) is 8. The van der Waals surface area contributed by atoms with Gasteiger partial charge in [0.15, 0.2) is 0 Å². The molecule has 0 saturated heterocycles. The number of hydrogen-bond donors (Lipinski definition) is 4. The van der Waals surface area contributed by atoms with Crippen molar-refractivity contribution in [2.75, 3.05) is 28.8 Å². The third kappa shape index (κ3) is 5.42. The van der Waals surface area contributed by atoms with E-state index in [1.54, 1.807) is 6.20 Å². The largest absolute Gasteiger partial charge is 0.491 e. The number of fused-ring (bicyclic) bond motifs is 1. The number of hydrazine groups is 1. The number of aliphatic hydroxyl groups is 1. The molecule has 8 nitrogen and oxygen atoms in total. The van der Waals surface area contributed by atoms with E-state index in [2.05, 4.69) is 43.2 Å². The SMILES string of the molecule is CC(C)Oc1ccc(Nc2ccnc(Nc3ccc4c(c3)CNN4CCCO)n2)cc1. The Hall–Kier alpha value is -3.36. The minimum absolute atomic E-state index is 0.146. The first-order valence-corrected chi connectivity index (χ1v) is 10.5. The van der Waals surface area contributed by atoms with E-state index in [1.807, 2.05) is 50.2 Å². The van der Waals surface area contributed by atoms with Gasteiger partial charge in [-0.1, -0.05) is 0 Å². The molecule has 0 amide bonds. The summed E-state index contributed by atoms with van der Waals surface area (Å²) in [5, 5.41) is 17.7. The van der Waals surface area contributed by atoms with E-state index in [-0.39, 0.29) is 12.7 Å². The smallest absolute Gasteiger partial charge is 0.229 e. The van der Waals surface area contributed by atoms with Crippen LogP contribution >= 0.6 is 0 Å². The highest BCUT2D eigenvalue weighted by Gasteiger charge is 2.18. The van der Waals surface area contributed by atoms with Crippen molar-refractivity contribution in [3.05, 3.63) is 60.3 Å². The molecular formula is C23H28N6O2. The summed E-state index contributed by atoms with van der Waals surface area (Å²) in [6, 6.07) is 15.8. The van der Waals surface area contributed by atoms with Gasteiger partial charge < -0.3 is 25.5 Å². The van der Waals surface area contributed by atoms with E-state index >= 15 is 0 Å². The summed E-state index contributed by atoms with van der Waals surface area (Å²) in [5.41, 5.74) is 7.53. The predicted octanol–water partition coefficient (Wildman–Crippen LogP) is 3.96. The zero-order valence-corrected chi connectivity index (χ0v) is 17.8. The van der Waals surface area contributed by atoms with Crippen LogP contribution in [0.25, 0.3) is 0 Å². The van der Waals surface area contributed by atoms with E-state index in [1.165, 1.54) is 5.56 Å². The highest BCUT2D eigenvalue weighted by atomic mass is 16.5. The Morgan fingerprint density at radius 3 is 2.68 bits per heavy atom. The molecule has 0 radical (unpaired) electrons. The van der Waals surface area contributed by atoms with Crippen LogP contribution in [0.5, 0.6) is 5.75 Å². The maximum atomic E-state index is 9.05. The van der Waals surface area contributed by atoms with E-state index in [9.17, 15) is 0 Å². The normalized spacial score (nSPS) is 12.7. The van der Waals surface area contributed by atoms with Gasteiger partial charge in [-0.05, 0) is 74.4 Å². The average Bonchev–Trinajstić information content (AvgIpc) is 3.16. The molecule has 0 aliphatic carbocycles. The maximum absolute atomic E-state index is 9.05. The number of rotatable bonds is 9. The van der Waals surface area contributed by atoms with Crippen molar-refractivity contribution in [1.82, 2.24) is 15.4 Å². The Kier molecular flexibility index (Phi) is 6.49. The van der Waals surface area contributed by atoms with Crippen LogP contribution in [0, 0.1) is 0 Å². The van der Waals surface area contributed by atoms with Crippen molar-refractivity contribution >= 4 is 28.8 Å².